The highest BCUT2D eigenvalue weighted by Gasteiger charge is 2.35. The lowest BCUT2D eigenvalue weighted by molar-refractivity contribution is -0.118. The average Bonchev–Trinajstić information content (AvgIpc) is 2.67. The van der Waals surface area contributed by atoms with Crippen LogP contribution in [0.5, 0.6) is 5.75 Å². The number of sulfonamides is 1. The first kappa shape index (κ1) is 21.3. The molecule has 29 heavy (non-hydrogen) atoms. The highest BCUT2D eigenvalue weighted by Crippen LogP contribution is 2.30. The molecule has 0 bridgehead atoms. The van der Waals surface area contributed by atoms with Crippen molar-refractivity contribution in [1.29, 1.82) is 0 Å². The maximum atomic E-state index is 13.5. The smallest absolute Gasteiger partial charge is 0.262 e. The van der Waals surface area contributed by atoms with E-state index >= 15 is 0 Å². The number of ether oxygens (including phenoxy) is 1. The second-order valence-corrected chi connectivity index (χ2v) is 9.10. The van der Waals surface area contributed by atoms with E-state index in [1.165, 1.54) is 42.5 Å². The first-order valence-electron chi connectivity index (χ1n) is 9.60. The number of anilines is 1. The van der Waals surface area contributed by atoms with E-state index in [9.17, 15) is 17.6 Å². The zero-order chi connectivity index (χ0) is 21.0. The summed E-state index contributed by atoms with van der Waals surface area (Å²) in [6.07, 6.45) is 2.72. The molecule has 1 aliphatic rings. The Balaban J connectivity index is 1.63. The zero-order valence-electron chi connectivity index (χ0n) is 16.5. The third-order valence-corrected chi connectivity index (χ3v) is 7.16. The van der Waals surface area contributed by atoms with E-state index in [4.69, 9.17) is 4.74 Å². The molecule has 156 valence electrons. The number of carbonyl (C=O) groups excluding carboxylic acids is 1. The van der Waals surface area contributed by atoms with E-state index in [2.05, 4.69) is 5.32 Å². The van der Waals surface area contributed by atoms with Gasteiger partial charge in [0.15, 0.2) is 18.2 Å². The first-order chi connectivity index (χ1) is 13.8. The minimum atomic E-state index is -3.60. The Labute approximate surface area is 170 Å². The maximum absolute atomic E-state index is 13.5. The van der Waals surface area contributed by atoms with Gasteiger partial charge in [-0.2, -0.15) is 4.31 Å². The summed E-state index contributed by atoms with van der Waals surface area (Å²) < 4.78 is 46.3. The van der Waals surface area contributed by atoms with Gasteiger partial charge in [0, 0.05) is 17.8 Å². The van der Waals surface area contributed by atoms with Gasteiger partial charge in [0.2, 0.25) is 10.0 Å². The van der Waals surface area contributed by atoms with Crippen molar-refractivity contribution < 1.29 is 22.3 Å². The van der Waals surface area contributed by atoms with Crippen molar-refractivity contribution in [3.63, 3.8) is 0 Å². The third kappa shape index (κ3) is 4.94. The molecule has 1 saturated heterocycles. The molecule has 1 fully saturated rings. The largest absolute Gasteiger partial charge is 0.481 e. The number of hydrogen-bond donors (Lipinski definition) is 1. The number of nitrogens with zero attached hydrogens (tertiary/aromatic N) is 1. The lowest BCUT2D eigenvalue weighted by Crippen LogP contribution is -2.47. The molecule has 0 radical (unpaired) electrons. The SMILES string of the molecule is C[C@@H]1CCC[C@@H](C)N1S(=O)(=O)c1ccc(NC(=O)COc2ccccc2F)cc1. The minimum Gasteiger partial charge on any atom is -0.481 e. The molecule has 2 atom stereocenters. The first-order valence-corrected chi connectivity index (χ1v) is 11.0. The topological polar surface area (TPSA) is 75.7 Å². The number of nitrogens with one attached hydrogen (secondary N) is 1. The molecule has 0 unspecified atom stereocenters. The molecular weight excluding hydrogens is 395 g/mol. The van der Waals surface area contributed by atoms with Gasteiger partial charge in [-0.15, -0.1) is 0 Å². The minimum absolute atomic E-state index is 0.00568. The van der Waals surface area contributed by atoms with Gasteiger partial charge in [-0.25, -0.2) is 12.8 Å². The van der Waals surface area contributed by atoms with Crippen molar-refractivity contribution in [2.45, 2.75) is 50.1 Å². The van der Waals surface area contributed by atoms with Gasteiger partial charge in [-0.3, -0.25) is 4.79 Å². The second kappa shape index (κ2) is 8.92. The summed E-state index contributed by atoms with van der Waals surface area (Å²) >= 11 is 0. The summed E-state index contributed by atoms with van der Waals surface area (Å²) in [5, 5.41) is 2.61. The average molecular weight is 421 g/mol. The molecule has 8 heteroatoms. The fourth-order valence-corrected chi connectivity index (χ4v) is 5.49. The molecule has 0 spiro atoms. The van der Waals surface area contributed by atoms with Crippen LogP contribution in [-0.4, -0.2) is 37.3 Å². The van der Waals surface area contributed by atoms with Crippen molar-refractivity contribution in [3.05, 3.63) is 54.3 Å². The molecule has 1 aliphatic heterocycles. The monoisotopic (exact) mass is 420 g/mol. The van der Waals surface area contributed by atoms with Crippen LogP contribution in [0.3, 0.4) is 0 Å². The van der Waals surface area contributed by atoms with Gasteiger partial charge in [-0.05, 0) is 63.1 Å². The Hall–Kier alpha value is -2.45. The molecular formula is C21H25FN2O4S. The number of halogens is 1. The van der Waals surface area contributed by atoms with Gasteiger partial charge in [0.05, 0.1) is 4.90 Å². The van der Waals surface area contributed by atoms with E-state index in [1.54, 1.807) is 10.4 Å². The summed E-state index contributed by atoms with van der Waals surface area (Å²) in [5.74, 6) is -1.02. The second-order valence-electron chi connectivity index (χ2n) is 7.26. The van der Waals surface area contributed by atoms with E-state index in [0.717, 1.165) is 19.3 Å². The number of hydrogen-bond acceptors (Lipinski definition) is 4. The highest BCUT2D eigenvalue weighted by atomic mass is 32.2. The van der Waals surface area contributed by atoms with Crippen molar-refractivity contribution in [2.75, 3.05) is 11.9 Å². The molecule has 2 aromatic carbocycles. The summed E-state index contributed by atoms with van der Waals surface area (Å²) in [6, 6.07) is 11.8. The Bertz CT molecular complexity index is 953. The van der Waals surface area contributed by atoms with Crippen molar-refractivity contribution in [1.82, 2.24) is 4.31 Å². The van der Waals surface area contributed by atoms with Gasteiger partial charge in [0.25, 0.3) is 5.91 Å². The van der Waals surface area contributed by atoms with Crippen LogP contribution in [0, 0.1) is 5.82 Å². The Morgan fingerprint density at radius 1 is 1.10 bits per heavy atom. The van der Waals surface area contributed by atoms with Crippen molar-refractivity contribution in [3.8, 4) is 5.75 Å². The summed E-state index contributed by atoms with van der Waals surface area (Å²) in [7, 11) is -3.60. The maximum Gasteiger partial charge on any atom is 0.262 e. The lowest BCUT2D eigenvalue weighted by atomic mass is 10.0. The molecule has 1 heterocycles. The van der Waals surface area contributed by atoms with Gasteiger partial charge in [0.1, 0.15) is 0 Å². The van der Waals surface area contributed by atoms with Crippen LogP contribution in [0.4, 0.5) is 10.1 Å². The number of amides is 1. The van der Waals surface area contributed by atoms with E-state index in [0.29, 0.717) is 5.69 Å². The van der Waals surface area contributed by atoms with Crippen LogP contribution in [0.1, 0.15) is 33.1 Å². The summed E-state index contributed by atoms with van der Waals surface area (Å²) in [4.78, 5) is 12.2. The van der Waals surface area contributed by atoms with Crippen LogP contribution in [0.15, 0.2) is 53.4 Å². The molecule has 1 N–H and O–H groups in total. The molecule has 1 amide bonds. The van der Waals surface area contributed by atoms with E-state index in [-0.39, 0.29) is 29.3 Å². The third-order valence-electron chi connectivity index (χ3n) is 5.02. The Morgan fingerprint density at radius 3 is 2.34 bits per heavy atom. The Kier molecular flexibility index (Phi) is 6.54. The number of rotatable bonds is 6. The van der Waals surface area contributed by atoms with Crippen LogP contribution in [0.25, 0.3) is 0 Å². The zero-order valence-corrected chi connectivity index (χ0v) is 17.3. The van der Waals surface area contributed by atoms with Gasteiger partial charge in [-0.1, -0.05) is 18.6 Å². The van der Waals surface area contributed by atoms with Crippen LogP contribution < -0.4 is 10.1 Å². The van der Waals surface area contributed by atoms with Crippen LogP contribution in [-0.2, 0) is 14.8 Å². The molecule has 6 nitrogen and oxygen atoms in total. The highest BCUT2D eigenvalue weighted by molar-refractivity contribution is 7.89. The fourth-order valence-electron chi connectivity index (χ4n) is 3.61. The Morgan fingerprint density at radius 2 is 1.72 bits per heavy atom. The molecule has 0 aromatic heterocycles. The van der Waals surface area contributed by atoms with E-state index < -0.39 is 21.7 Å². The number of para-hydroxylation sites is 1. The summed E-state index contributed by atoms with van der Waals surface area (Å²) in [5.41, 5.74) is 0.436. The standard InChI is InChI=1S/C21H25FN2O4S/c1-15-6-5-7-16(2)24(15)29(26,27)18-12-10-17(11-13-18)23-21(25)14-28-20-9-4-3-8-19(20)22/h3-4,8-13,15-16H,5-7,14H2,1-2H3,(H,23,25)/t15-,16-/m1/s1. The van der Waals surface area contributed by atoms with E-state index in [1.807, 2.05) is 13.8 Å². The quantitative estimate of drug-likeness (QED) is 0.771. The number of carbonyl (C=O) groups is 1. The predicted octanol–water partition coefficient (Wildman–Crippen LogP) is 3.79. The molecule has 2 aromatic rings. The van der Waals surface area contributed by atoms with Gasteiger partial charge < -0.3 is 10.1 Å². The van der Waals surface area contributed by atoms with Crippen molar-refractivity contribution in [2.24, 2.45) is 0 Å². The normalized spacial score (nSPS) is 20.2. The lowest BCUT2D eigenvalue weighted by Gasteiger charge is -2.37. The molecule has 3 rings (SSSR count). The van der Waals surface area contributed by atoms with Crippen LogP contribution in [0.2, 0.25) is 0 Å². The predicted molar refractivity (Wildman–Crippen MR) is 109 cm³/mol. The van der Waals surface area contributed by atoms with Crippen LogP contribution >= 0.6 is 0 Å². The van der Waals surface area contributed by atoms with Gasteiger partial charge >= 0.3 is 0 Å². The summed E-state index contributed by atoms with van der Waals surface area (Å²) in [6.45, 7) is 3.50. The fraction of sp³-hybridized carbons (Fsp3) is 0.381. The van der Waals surface area contributed by atoms with Crippen molar-refractivity contribution >= 4 is 21.6 Å². The molecule has 0 aliphatic carbocycles. The molecule has 0 saturated carbocycles. The number of piperidine rings is 1. The number of benzene rings is 2.